The lowest BCUT2D eigenvalue weighted by molar-refractivity contribution is -0.140. The first-order valence-electron chi connectivity index (χ1n) is 10.8. The molecule has 8 nitrogen and oxygen atoms in total. The normalized spacial score (nSPS) is 17.1. The number of ether oxygens (including phenoxy) is 2. The lowest BCUT2D eigenvalue weighted by Crippen LogP contribution is -2.30. The van der Waals surface area contributed by atoms with Crippen LogP contribution in [0.5, 0.6) is 11.5 Å². The van der Waals surface area contributed by atoms with E-state index in [0.717, 1.165) is 0 Å². The molecule has 3 rings (SSSR count). The van der Waals surface area contributed by atoms with Crippen molar-refractivity contribution in [3.05, 3.63) is 64.2 Å². The molecule has 1 aliphatic rings. The van der Waals surface area contributed by atoms with Crippen LogP contribution < -0.4 is 9.47 Å². The Balaban J connectivity index is 2.04. The summed E-state index contributed by atoms with van der Waals surface area (Å²) >= 11 is 5.95. The summed E-state index contributed by atoms with van der Waals surface area (Å²) in [5.41, 5.74) is 0.886. The number of Topliss-reactive ketones (excluding diaryl/α,β-unsaturated/α-hetero) is 1. The van der Waals surface area contributed by atoms with Crippen LogP contribution in [0.2, 0.25) is 5.02 Å². The van der Waals surface area contributed by atoms with Gasteiger partial charge in [0.1, 0.15) is 5.76 Å². The Kier molecular flexibility index (Phi) is 8.17. The van der Waals surface area contributed by atoms with Gasteiger partial charge in [-0.2, -0.15) is 0 Å². The Bertz CT molecular complexity index is 1110. The van der Waals surface area contributed by atoms with E-state index in [1.807, 2.05) is 0 Å². The second-order valence-corrected chi connectivity index (χ2v) is 8.25. The Labute approximate surface area is 202 Å². The van der Waals surface area contributed by atoms with Crippen molar-refractivity contribution in [1.29, 1.82) is 0 Å². The number of hydrogen-bond donors (Lipinski definition) is 2. The standard InChI is InChI=1S/C25H26ClNO7/c1-33-18-12-9-16(14-19(18)34-2)22-21(23(30)15-7-10-17(26)11-8-15)24(31)25(32)27(22)13-5-3-4-6-20(28)29/h7-12,14,22,30H,3-6,13H2,1-2H3,(H,28,29)/b23-21+. The zero-order valence-corrected chi connectivity index (χ0v) is 19.7. The van der Waals surface area contributed by atoms with E-state index in [-0.39, 0.29) is 24.3 Å². The van der Waals surface area contributed by atoms with Crippen LogP contribution in [0.3, 0.4) is 0 Å². The summed E-state index contributed by atoms with van der Waals surface area (Å²) in [6, 6.07) is 10.5. The summed E-state index contributed by atoms with van der Waals surface area (Å²) in [5.74, 6) is -1.81. The van der Waals surface area contributed by atoms with E-state index in [9.17, 15) is 19.5 Å². The Morgan fingerprint density at radius 1 is 0.971 bits per heavy atom. The number of benzene rings is 2. The lowest BCUT2D eigenvalue weighted by Gasteiger charge is -2.26. The topological polar surface area (TPSA) is 113 Å². The van der Waals surface area contributed by atoms with Crippen LogP contribution >= 0.6 is 11.6 Å². The fourth-order valence-corrected chi connectivity index (χ4v) is 4.10. The molecule has 2 N–H and O–H groups in total. The Hall–Kier alpha value is -3.52. The molecule has 1 fully saturated rings. The number of hydrogen-bond acceptors (Lipinski definition) is 6. The molecular formula is C25H26ClNO7. The predicted molar refractivity (Wildman–Crippen MR) is 126 cm³/mol. The number of aliphatic hydroxyl groups excluding tert-OH is 1. The molecule has 1 atom stereocenters. The summed E-state index contributed by atoms with van der Waals surface area (Å²) in [6.07, 6.45) is 1.58. The van der Waals surface area contributed by atoms with Crippen molar-refractivity contribution in [3.63, 3.8) is 0 Å². The summed E-state index contributed by atoms with van der Waals surface area (Å²) in [5, 5.41) is 20.4. The summed E-state index contributed by atoms with van der Waals surface area (Å²) in [6.45, 7) is 0.223. The third-order valence-electron chi connectivity index (χ3n) is 5.67. The second kappa shape index (κ2) is 11.1. The van der Waals surface area contributed by atoms with Crippen molar-refractivity contribution < 1.29 is 34.1 Å². The number of halogens is 1. The molecule has 180 valence electrons. The number of carbonyl (C=O) groups is 3. The van der Waals surface area contributed by atoms with Crippen LogP contribution in [-0.2, 0) is 14.4 Å². The number of nitrogens with zero attached hydrogens (tertiary/aromatic N) is 1. The van der Waals surface area contributed by atoms with Crippen molar-refractivity contribution in [1.82, 2.24) is 4.90 Å². The molecular weight excluding hydrogens is 462 g/mol. The van der Waals surface area contributed by atoms with Crippen molar-refractivity contribution in [3.8, 4) is 11.5 Å². The number of ketones is 1. The van der Waals surface area contributed by atoms with Gasteiger partial charge < -0.3 is 24.6 Å². The van der Waals surface area contributed by atoms with Crippen LogP contribution in [0.25, 0.3) is 5.76 Å². The fourth-order valence-electron chi connectivity index (χ4n) is 3.98. The highest BCUT2D eigenvalue weighted by molar-refractivity contribution is 6.46. The minimum absolute atomic E-state index is 0.0362. The minimum Gasteiger partial charge on any atom is -0.507 e. The highest BCUT2D eigenvalue weighted by atomic mass is 35.5. The molecule has 1 heterocycles. The molecule has 9 heteroatoms. The maximum atomic E-state index is 13.1. The third kappa shape index (κ3) is 5.34. The average molecular weight is 488 g/mol. The third-order valence-corrected chi connectivity index (χ3v) is 5.92. The van der Waals surface area contributed by atoms with Crippen LogP contribution in [-0.4, -0.2) is 53.5 Å². The largest absolute Gasteiger partial charge is 0.507 e. The Morgan fingerprint density at radius 2 is 1.65 bits per heavy atom. The summed E-state index contributed by atoms with van der Waals surface area (Å²) in [4.78, 5) is 38.2. The van der Waals surface area contributed by atoms with E-state index in [1.54, 1.807) is 42.5 Å². The van der Waals surface area contributed by atoms with Gasteiger partial charge in [-0.1, -0.05) is 24.1 Å². The molecule has 0 aliphatic carbocycles. The number of methoxy groups -OCH3 is 2. The molecule has 2 aromatic rings. The lowest BCUT2D eigenvalue weighted by atomic mass is 9.95. The summed E-state index contributed by atoms with van der Waals surface area (Å²) in [7, 11) is 2.98. The first-order valence-corrected chi connectivity index (χ1v) is 11.1. The molecule has 34 heavy (non-hydrogen) atoms. The molecule has 1 aliphatic heterocycles. The molecule has 1 unspecified atom stereocenters. The summed E-state index contributed by atoms with van der Waals surface area (Å²) < 4.78 is 10.7. The van der Waals surface area contributed by atoms with Gasteiger partial charge in [0, 0.05) is 23.6 Å². The van der Waals surface area contributed by atoms with Gasteiger partial charge in [0.2, 0.25) is 0 Å². The SMILES string of the molecule is COc1ccc(C2/C(=C(\O)c3ccc(Cl)cc3)C(=O)C(=O)N2CCCCCC(=O)O)cc1OC. The zero-order valence-electron chi connectivity index (χ0n) is 18.9. The van der Waals surface area contributed by atoms with E-state index in [0.29, 0.717) is 46.9 Å². The monoisotopic (exact) mass is 487 g/mol. The van der Waals surface area contributed by atoms with Gasteiger partial charge in [-0.3, -0.25) is 14.4 Å². The van der Waals surface area contributed by atoms with Gasteiger partial charge in [-0.25, -0.2) is 0 Å². The van der Waals surface area contributed by atoms with Crippen LogP contribution in [0.1, 0.15) is 42.9 Å². The minimum atomic E-state index is -0.881. The van der Waals surface area contributed by atoms with Gasteiger partial charge in [0.25, 0.3) is 11.7 Å². The number of aliphatic hydroxyl groups is 1. The number of aliphatic carboxylic acids is 1. The highest BCUT2D eigenvalue weighted by Gasteiger charge is 2.46. The van der Waals surface area contributed by atoms with Gasteiger partial charge in [-0.15, -0.1) is 0 Å². The molecule has 0 spiro atoms. The van der Waals surface area contributed by atoms with Gasteiger partial charge >= 0.3 is 5.97 Å². The van der Waals surface area contributed by atoms with Gasteiger partial charge in [-0.05, 0) is 54.8 Å². The molecule has 1 saturated heterocycles. The Morgan fingerprint density at radius 3 is 2.26 bits per heavy atom. The van der Waals surface area contributed by atoms with E-state index < -0.39 is 23.7 Å². The molecule has 0 radical (unpaired) electrons. The number of carboxylic acid groups (broad SMARTS) is 1. The molecule has 2 aromatic carbocycles. The number of rotatable bonds is 10. The molecule has 0 aromatic heterocycles. The first kappa shape index (κ1) is 25.1. The van der Waals surface area contributed by atoms with Crippen LogP contribution in [0, 0.1) is 0 Å². The molecule has 1 amide bonds. The van der Waals surface area contributed by atoms with Gasteiger partial charge in [0.05, 0.1) is 25.8 Å². The number of carboxylic acids is 1. The maximum absolute atomic E-state index is 13.1. The maximum Gasteiger partial charge on any atom is 0.303 e. The number of likely N-dealkylation sites (tertiary alicyclic amines) is 1. The van der Waals surface area contributed by atoms with Crippen molar-refractivity contribution in [2.24, 2.45) is 0 Å². The zero-order chi connectivity index (χ0) is 24.8. The van der Waals surface area contributed by atoms with Crippen molar-refractivity contribution >= 4 is 35.0 Å². The second-order valence-electron chi connectivity index (χ2n) is 7.82. The van der Waals surface area contributed by atoms with E-state index in [2.05, 4.69) is 0 Å². The predicted octanol–water partition coefficient (Wildman–Crippen LogP) is 4.42. The number of unbranched alkanes of at least 4 members (excludes halogenated alkanes) is 2. The average Bonchev–Trinajstić information content (AvgIpc) is 3.08. The number of amides is 1. The highest BCUT2D eigenvalue weighted by Crippen LogP contribution is 2.42. The van der Waals surface area contributed by atoms with Crippen LogP contribution in [0.15, 0.2) is 48.0 Å². The molecule has 0 bridgehead atoms. The van der Waals surface area contributed by atoms with Crippen LogP contribution in [0.4, 0.5) is 0 Å². The van der Waals surface area contributed by atoms with E-state index in [1.165, 1.54) is 19.1 Å². The van der Waals surface area contributed by atoms with E-state index in [4.69, 9.17) is 26.2 Å². The quantitative estimate of drug-likeness (QED) is 0.220. The van der Waals surface area contributed by atoms with E-state index >= 15 is 0 Å². The van der Waals surface area contributed by atoms with Gasteiger partial charge in [0.15, 0.2) is 11.5 Å². The fraction of sp³-hybridized carbons (Fsp3) is 0.320. The number of carbonyl (C=O) groups excluding carboxylic acids is 2. The van der Waals surface area contributed by atoms with Crippen molar-refractivity contribution in [2.45, 2.75) is 31.7 Å². The van der Waals surface area contributed by atoms with Crippen molar-refractivity contribution in [2.75, 3.05) is 20.8 Å². The smallest absolute Gasteiger partial charge is 0.303 e. The molecule has 0 saturated carbocycles. The first-order chi connectivity index (χ1) is 16.3.